The molecular formula is C26H28FN6O8P. The number of aliphatic hydroxyl groups is 2. The lowest BCUT2D eigenvalue weighted by Crippen LogP contribution is -2.37. The van der Waals surface area contributed by atoms with Crippen LogP contribution in [0.3, 0.4) is 0 Å². The Kier molecular flexibility index (Phi) is 7.12. The average molecular weight is 603 g/mol. The van der Waals surface area contributed by atoms with Crippen LogP contribution in [0, 0.1) is 12.0 Å². The van der Waals surface area contributed by atoms with Crippen LogP contribution in [0.15, 0.2) is 48.8 Å². The minimum atomic E-state index is -4.30. The maximum Gasteiger partial charge on any atom is 0.459 e. The monoisotopic (exact) mass is 602 g/mol. The van der Waals surface area contributed by atoms with Gasteiger partial charge in [-0.15, -0.1) is 0 Å². The van der Waals surface area contributed by atoms with E-state index in [-0.39, 0.29) is 29.3 Å². The number of imidazole rings is 1. The summed E-state index contributed by atoms with van der Waals surface area (Å²) >= 11 is 0. The fourth-order valence-electron chi connectivity index (χ4n) is 5.32. The first-order chi connectivity index (χ1) is 20.0. The summed E-state index contributed by atoms with van der Waals surface area (Å²) < 4.78 is 51.5. The molecule has 4 unspecified atom stereocenters. The number of aliphatic hydroxyl groups excluding tert-OH is 1. The van der Waals surface area contributed by atoms with E-state index in [0.717, 1.165) is 5.39 Å². The first kappa shape index (κ1) is 28.4. The molecule has 2 fully saturated rings. The number of ether oxygens (including phenoxy) is 2. The summed E-state index contributed by atoms with van der Waals surface area (Å²) in [5.41, 5.74) is 5.89. The normalized spacial score (nSPS) is 27.0. The van der Waals surface area contributed by atoms with Crippen molar-refractivity contribution in [3.63, 3.8) is 0 Å². The van der Waals surface area contributed by atoms with Crippen LogP contribution in [0.4, 0.5) is 10.2 Å². The van der Waals surface area contributed by atoms with Crippen LogP contribution >= 0.6 is 7.75 Å². The fraction of sp³-hybridized carbons (Fsp3) is 0.385. The summed E-state index contributed by atoms with van der Waals surface area (Å²) in [6, 6.07) is 10.5. The minimum absolute atomic E-state index is 0.0292. The van der Waals surface area contributed by atoms with Gasteiger partial charge in [0.2, 0.25) is 0 Å². The first-order valence-electron chi connectivity index (χ1n) is 13.1. The van der Waals surface area contributed by atoms with E-state index in [1.54, 1.807) is 31.2 Å². The highest BCUT2D eigenvalue weighted by molar-refractivity contribution is 7.52. The molecule has 0 radical (unpaired) electrons. The van der Waals surface area contributed by atoms with Crippen LogP contribution < -0.4 is 15.3 Å². The molecule has 42 heavy (non-hydrogen) atoms. The standard InChI is InChI=1S/C26H28FN6O8P/c1-3-38-24(35)13(2)32-42(37,41-16-10-6-8-14-7-4-5-9-15(14)16)39-11-17-20(34)18-21(26(18,36)40-17)33-12-29-19-22(28)30-25(27)31-23(19)33/h4-10,12-13,17-18,20-21,34,36H,3,11H2,1-2H3,(H,32,37)(H2,28,30,31)/t13-,17+,18?,20?,21-,26?,42?/m0/s1. The van der Waals surface area contributed by atoms with E-state index in [1.807, 2.05) is 18.2 Å². The predicted molar refractivity (Wildman–Crippen MR) is 145 cm³/mol. The number of carbonyl (C=O) groups excluding carboxylic acids is 1. The summed E-state index contributed by atoms with van der Waals surface area (Å²) in [5.74, 6) is -3.36. The zero-order valence-corrected chi connectivity index (χ0v) is 23.3. The summed E-state index contributed by atoms with van der Waals surface area (Å²) in [7, 11) is -4.30. The van der Waals surface area contributed by atoms with Gasteiger partial charge >= 0.3 is 19.8 Å². The minimum Gasteiger partial charge on any atom is -0.465 e. The van der Waals surface area contributed by atoms with Crippen molar-refractivity contribution in [2.75, 3.05) is 18.9 Å². The van der Waals surface area contributed by atoms with Gasteiger partial charge in [-0.1, -0.05) is 36.4 Å². The van der Waals surface area contributed by atoms with Gasteiger partial charge in [0.1, 0.15) is 29.5 Å². The highest BCUT2D eigenvalue weighted by Crippen LogP contribution is 2.63. The Bertz CT molecular complexity index is 1720. The number of aromatic nitrogens is 4. The number of anilines is 1. The van der Waals surface area contributed by atoms with E-state index in [2.05, 4.69) is 20.0 Å². The predicted octanol–water partition coefficient (Wildman–Crippen LogP) is 2.06. The molecule has 222 valence electrons. The Morgan fingerprint density at radius 2 is 2.05 bits per heavy atom. The molecule has 0 bridgehead atoms. The summed E-state index contributed by atoms with van der Waals surface area (Å²) in [6.45, 7) is 2.71. The molecular weight excluding hydrogens is 574 g/mol. The van der Waals surface area contributed by atoms with Gasteiger partial charge in [-0.25, -0.2) is 9.55 Å². The van der Waals surface area contributed by atoms with Crippen molar-refractivity contribution < 1.29 is 42.5 Å². The molecule has 1 aliphatic heterocycles. The van der Waals surface area contributed by atoms with Gasteiger partial charge < -0.3 is 34.5 Å². The highest BCUT2D eigenvalue weighted by atomic mass is 31.2. The number of halogens is 1. The molecule has 4 aromatic rings. The number of nitrogens with two attached hydrogens (primary N) is 1. The van der Waals surface area contributed by atoms with Gasteiger partial charge in [-0.05, 0) is 25.3 Å². The summed E-state index contributed by atoms with van der Waals surface area (Å²) in [5, 5.41) is 26.3. The van der Waals surface area contributed by atoms with Crippen LogP contribution in [-0.4, -0.2) is 73.0 Å². The van der Waals surface area contributed by atoms with Crippen molar-refractivity contribution >= 4 is 41.5 Å². The Balaban J connectivity index is 1.21. The number of carbonyl (C=O) groups is 1. The van der Waals surface area contributed by atoms with Gasteiger partial charge in [-0.2, -0.15) is 19.4 Å². The molecule has 1 saturated carbocycles. The molecule has 14 nitrogen and oxygen atoms in total. The number of esters is 1. The van der Waals surface area contributed by atoms with E-state index in [9.17, 15) is 24.0 Å². The molecule has 6 rings (SSSR count). The molecule has 5 N–H and O–H groups in total. The van der Waals surface area contributed by atoms with Crippen molar-refractivity contribution in [1.82, 2.24) is 24.6 Å². The largest absolute Gasteiger partial charge is 0.465 e. The fourth-order valence-corrected chi connectivity index (χ4v) is 6.85. The molecule has 0 spiro atoms. The topological polar surface area (TPSA) is 193 Å². The lowest BCUT2D eigenvalue weighted by Gasteiger charge is -2.26. The summed E-state index contributed by atoms with van der Waals surface area (Å²) in [4.78, 5) is 23.5. The number of hydrogen-bond donors (Lipinski definition) is 4. The molecule has 16 heteroatoms. The number of hydrogen-bond acceptors (Lipinski definition) is 12. The Hall–Kier alpha value is -3.72. The molecule has 1 saturated heterocycles. The van der Waals surface area contributed by atoms with Crippen LogP contribution in [0.1, 0.15) is 19.9 Å². The van der Waals surface area contributed by atoms with E-state index >= 15 is 0 Å². The van der Waals surface area contributed by atoms with Crippen LogP contribution in [-0.2, 0) is 23.4 Å². The molecule has 2 aromatic carbocycles. The third kappa shape index (κ3) is 4.87. The number of fused-ring (bicyclic) bond motifs is 3. The van der Waals surface area contributed by atoms with E-state index in [0.29, 0.717) is 5.39 Å². The molecule has 7 atom stereocenters. The highest BCUT2D eigenvalue weighted by Gasteiger charge is 2.77. The average Bonchev–Trinajstić information content (AvgIpc) is 3.19. The smallest absolute Gasteiger partial charge is 0.459 e. The van der Waals surface area contributed by atoms with Crippen LogP contribution in [0.2, 0.25) is 0 Å². The number of nitrogens with zero attached hydrogens (tertiary/aromatic N) is 4. The van der Waals surface area contributed by atoms with Gasteiger partial charge in [0.15, 0.2) is 17.3 Å². The second kappa shape index (κ2) is 10.5. The van der Waals surface area contributed by atoms with Gasteiger partial charge in [0.05, 0.1) is 31.6 Å². The first-order valence-corrected chi connectivity index (χ1v) is 14.7. The zero-order chi connectivity index (χ0) is 29.8. The lowest BCUT2D eigenvalue weighted by molar-refractivity contribution is -0.161. The Labute approximate surface area is 238 Å². The molecule has 2 aromatic heterocycles. The quantitative estimate of drug-likeness (QED) is 0.117. The van der Waals surface area contributed by atoms with Crippen molar-refractivity contribution in [3.05, 3.63) is 54.9 Å². The zero-order valence-electron chi connectivity index (χ0n) is 22.5. The maximum absolute atomic E-state index is 14.0. The van der Waals surface area contributed by atoms with Gasteiger partial charge in [0.25, 0.3) is 0 Å². The number of rotatable bonds is 10. The van der Waals surface area contributed by atoms with Crippen LogP contribution in [0.25, 0.3) is 21.9 Å². The lowest BCUT2D eigenvalue weighted by atomic mass is 10.1. The number of benzene rings is 2. The third-order valence-corrected chi connectivity index (χ3v) is 8.94. The van der Waals surface area contributed by atoms with Gasteiger partial charge in [-0.3, -0.25) is 9.32 Å². The molecule has 2 aliphatic rings. The van der Waals surface area contributed by atoms with Crippen molar-refractivity contribution in [2.24, 2.45) is 5.92 Å². The van der Waals surface area contributed by atoms with Crippen molar-refractivity contribution in [1.29, 1.82) is 0 Å². The second-order valence-corrected chi connectivity index (χ2v) is 11.7. The SMILES string of the molecule is CCOC(=O)[C@H](C)NP(=O)(OC[C@H]1OC2(O)C(C1O)[C@@H]2n1cnc2c(N)nc(F)nc21)Oc1cccc2ccccc12. The van der Waals surface area contributed by atoms with E-state index < -0.39 is 62.4 Å². The Morgan fingerprint density at radius 1 is 1.29 bits per heavy atom. The van der Waals surface area contributed by atoms with Gasteiger partial charge in [0, 0.05) is 5.39 Å². The number of nitrogens with one attached hydrogen (secondary N) is 1. The number of nitrogen functional groups attached to an aromatic ring is 1. The Morgan fingerprint density at radius 3 is 2.79 bits per heavy atom. The third-order valence-electron chi connectivity index (χ3n) is 7.31. The van der Waals surface area contributed by atoms with Crippen molar-refractivity contribution in [3.8, 4) is 5.75 Å². The van der Waals surface area contributed by atoms with Crippen molar-refractivity contribution in [2.45, 2.75) is 43.9 Å². The van der Waals surface area contributed by atoms with Crippen LogP contribution in [0.5, 0.6) is 5.75 Å². The molecule has 1 aliphatic carbocycles. The maximum atomic E-state index is 14.0. The molecule has 0 amide bonds. The second-order valence-electron chi connectivity index (χ2n) is 10.0. The van der Waals surface area contributed by atoms with E-state index in [4.69, 9.17) is 24.3 Å². The van der Waals surface area contributed by atoms with E-state index in [1.165, 1.54) is 17.8 Å². The summed E-state index contributed by atoms with van der Waals surface area (Å²) in [6.07, 6.45) is -2.20. The molecule has 3 heterocycles.